The highest BCUT2D eigenvalue weighted by Crippen LogP contribution is 2.38. The van der Waals surface area contributed by atoms with Gasteiger partial charge in [0, 0.05) is 37.8 Å². The van der Waals surface area contributed by atoms with Gasteiger partial charge in [0.15, 0.2) is 5.13 Å². The molecule has 8 nitrogen and oxygen atoms in total. The predicted molar refractivity (Wildman–Crippen MR) is 102 cm³/mol. The van der Waals surface area contributed by atoms with E-state index in [1.54, 1.807) is 22.4 Å². The molecule has 2 atom stereocenters. The molecule has 1 aromatic heterocycles. The molecule has 1 N–H and O–H groups in total. The number of nitrogens with zero attached hydrogens (tertiary/aromatic N) is 4. The summed E-state index contributed by atoms with van der Waals surface area (Å²) >= 11 is 1.58. The molecule has 1 saturated carbocycles. The van der Waals surface area contributed by atoms with Gasteiger partial charge in [0.25, 0.3) is 5.91 Å². The number of carbonyl (C=O) groups excluding carboxylic acids is 3. The molecule has 3 heterocycles. The molecule has 0 bridgehead atoms. The number of thiazole rings is 1. The van der Waals surface area contributed by atoms with Crippen LogP contribution in [-0.2, 0) is 9.59 Å². The summed E-state index contributed by atoms with van der Waals surface area (Å²) in [4.78, 5) is 47.5. The van der Waals surface area contributed by atoms with Crippen molar-refractivity contribution >= 4 is 34.3 Å². The van der Waals surface area contributed by atoms with Gasteiger partial charge < -0.3 is 15.1 Å². The molecule has 9 heteroatoms. The topological polar surface area (TPSA) is 85.8 Å². The molecule has 27 heavy (non-hydrogen) atoms. The summed E-state index contributed by atoms with van der Waals surface area (Å²) in [6, 6.07) is -0.427. The van der Waals surface area contributed by atoms with Gasteiger partial charge >= 0.3 is 6.03 Å². The number of piperazine rings is 1. The fourth-order valence-electron chi connectivity index (χ4n) is 4.39. The van der Waals surface area contributed by atoms with Crippen LogP contribution in [0.3, 0.4) is 0 Å². The molecule has 146 valence electrons. The minimum Gasteiger partial charge on any atom is -0.345 e. The van der Waals surface area contributed by atoms with E-state index in [0.717, 1.165) is 29.3 Å². The third-order valence-electron chi connectivity index (χ3n) is 6.12. The molecule has 3 aliphatic rings. The van der Waals surface area contributed by atoms with Gasteiger partial charge in [0.1, 0.15) is 12.1 Å². The molecule has 0 aromatic carbocycles. The van der Waals surface area contributed by atoms with Crippen molar-refractivity contribution in [2.24, 2.45) is 5.92 Å². The number of urea groups is 1. The zero-order valence-electron chi connectivity index (χ0n) is 15.5. The maximum atomic E-state index is 13.0. The molecule has 1 aromatic rings. The average molecular weight is 391 g/mol. The molecule has 2 saturated heterocycles. The smallest absolute Gasteiger partial charge is 0.325 e. The first-order valence-corrected chi connectivity index (χ1v) is 10.5. The first-order valence-electron chi connectivity index (χ1n) is 9.57. The molecule has 1 spiro atoms. The first-order chi connectivity index (χ1) is 13.0. The van der Waals surface area contributed by atoms with E-state index in [1.165, 1.54) is 0 Å². The van der Waals surface area contributed by atoms with Gasteiger partial charge in [-0.3, -0.25) is 14.5 Å². The largest absolute Gasteiger partial charge is 0.345 e. The number of amides is 4. The zero-order valence-corrected chi connectivity index (χ0v) is 16.3. The van der Waals surface area contributed by atoms with Crippen LogP contribution in [0.5, 0.6) is 0 Å². The lowest BCUT2D eigenvalue weighted by atomic mass is 9.73. The molecule has 3 fully saturated rings. The molecular formula is C18H25N5O3S. The van der Waals surface area contributed by atoms with E-state index in [2.05, 4.69) is 15.2 Å². The maximum absolute atomic E-state index is 13.0. The van der Waals surface area contributed by atoms with Crippen molar-refractivity contribution in [3.8, 4) is 0 Å². The Morgan fingerprint density at radius 3 is 2.74 bits per heavy atom. The van der Waals surface area contributed by atoms with Crippen LogP contribution in [0.15, 0.2) is 11.6 Å². The van der Waals surface area contributed by atoms with Gasteiger partial charge in [-0.15, -0.1) is 11.3 Å². The van der Waals surface area contributed by atoms with Crippen LogP contribution >= 0.6 is 11.3 Å². The summed E-state index contributed by atoms with van der Waals surface area (Å²) < 4.78 is 0. The van der Waals surface area contributed by atoms with E-state index < -0.39 is 11.6 Å². The highest BCUT2D eigenvalue weighted by Gasteiger charge is 2.55. The number of carbonyl (C=O) groups is 3. The highest BCUT2D eigenvalue weighted by atomic mass is 32.1. The van der Waals surface area contributed by atoms with Crippen molar-refractivity contribution in [3.63, 3.8) is 0 Å². The summed E-state index contributed by atoms with van der Waals surface area (Å²) in [5.41, 5.74) is -0.806. The zero-order chi connectivity index (χ0) is 19.0. The van der Waals surface area contributed by atoms with Crippen molar-refractivity contribution in [3.05, 3.63) is 11.6 Å². The summed E-state index contributed by atoms with van der Waals surface area (Å²) in [7, 11) is 0. The standard InChI is InChI=1S/C18H25N5O3S/c1-13-4-2-3-5-18(13)15(25)23(16(26)20-18)12-14(24)21-7-9-22(10-8-21)17-19-6-11-27-17/h6,11,13H,2-5,7-10,12H2,1H3,(H,20,26)/t13-,18+/m1/s1. The Labute approximate surface area is 162 Å². The number of hydrogen-bond acceptors (Lipinski definition) is 6. The summed E-state index contributed by atoms with van der Waals surface area (Å²) in [5, 5.41) is 5.80. The predicted octanol–water partition coefficient (Wildman–Crippen LogP) is 1.29. The van der Waals surface area contributed by atoms with Gasteiger partial charge in [-0.1, -0.05) is 19.8 Å². The third-order valence-corrected chi connectivity index (χ3v) is 6.95. The minimum absolute atomic E-state index is 0.102. The fourth-order valence-corrected chi connectivity index (χ4v) is 5.09. The second-order valence-electron chi connectivity index (χ2n) is 7.62. The van der Waals surface area contributed by atoms with Gasteiger partial charge in [0.05, 0.1) is 0 Å². The number of hydrogen-bond donors (Lipinski definition) is 1. The summed E-state index contributed by atoms with van der Waals surface area (Å²) in [6.07, 6.45) is 5.37. The maximum Gasteiger partial charge on any atom is 0.325 e. The van der Waals surface area contributed by atoms with Crippen molar-refractivity contribution in [2.45, 2.75) is 38.1 Å². The van der Waals surface area contributed by atoms with Gasteiger partial charge in [-0.2, -0.15) is 0 Å². The molecule has 4 amide bonds. The number of nitrogens with one attached hydrogen (secondary N) is 1. The van der Waals surface area contributed by atoms with Crippen molar-refractivity contribution in [2.75, 3.05) is 37.6 Å². The Kier molecular flexibility index (Phi) is 4.79. The van der Waals surface area contributed by atoms with Gasteiger partial charge in [0.2, 0.25) is 5.91 Å². The average Bonchev–Trinajstić information content (AvgIpc) is 3.28. The molecule has 4 rings (SSSR count). The van der Waals surface area contributed by atoms with Crippen molar-refractivity contribution in [1.82, 2.24) is 20.1 Å². The van der Waals surface area contributed by atoms with Crippen molar-refractivity contribution < 1.29 is 14.4 Å². The van der Waals surface area contributed by atoms with Crippen LogP contribution in [-0.4, -0.2) is 70.9 Å². The Morgan fingerprint density at radius 2 is 2.07 bits per heavy atom. The van der Waals surface area contributed by atoms with Gasteiger partial charge in [-0.05, 0) is 18.8 Å². The fraction of sp³-hybridized carbons (Fsp3) is 0.667. The van der Waals surface area contributed by atoms with E-state index in [9.17, 15) is 14.4 Å². The third kappa shape index (κ3) is 3.18. The minimum atomic E-state index is -0.806. The van der Waals surface area contributed by atoms with Crippen LogP contribution in [0.1, 0.15) is 32.6 Å². The Bertz CT molecular complexity index is 731. The monoisotopic (exact) mass is 391 g/mol. The summed E-state index contributed by atoms with van der Waals surface area (Å²) in [6.45, 7) is 4.41. The molecule has 2 aliphatic heterocycles. The molecule has 0 unspecified atom stereocenters. The quantitative estimate of drug-likeness (QED) is 0.785. The van der Waals surface area contributed by atoms with Crippen molar-refractivity contribution in [1.29, 1.82) is 0 Å². The van der Waals surface area contributed by atoms with E-state index >= 15 is 0 Å². The SMILES string of the molecule is C[C@@H]1CCCC[C@]12NC(=O)N(CC(=O)N1CCN(c3nccs3)CC1)C2=O. The first kappa shape index (κ1) is 18.2. The van der Waals surface area contributed by atoms with Crippen LogP contribution in [0.2, 0.25) is 0 Å². The van der Waals surface area contributed by atoms with E-state index in [1.807, 2.05) is 12.3 Å². The number of rotatable bonds is 3. The second kappa shape index (κ2) is 7.10. The van der Waals surface area contributed by atoms with Crippen LogP contribution < -0.4 is 10.2 Å². The highest BCUT2D eigenvalue weighted by molar-refractivity contribution is 7.13. The number of imide groups is 1. The van der Waals surface area contributed by atoms with Crippen LogP contribution in [0.4, 0.5) is 9.93 Å². The van der Waals surface area contributed by atoms with Crippen LogP contribution in [0.25, 0.3) is 0 Å². The Morgan fingerprint density at radius 1 is 1.30 bits per heavy atom. The lowest BCUT2D eigenvalue weighted by Gasteiger charge is -2.37. The van der Waals surface area contributed by atoms with Gasteiger partial charge in [-0.25, -0.2) is 9.78 Å². The number of anilines is 1. The molecular weight excluding hydrogens is 366 g/mol. The normalized spacial score (nSPS) is 28.8. The molecule has 1 aliphatic carbocycles. The number of aromatic nitrogens is 1. The molecule has 0 radical (unpaired) electrons. The Hall–Kier alpha value is -2.16. The Balaban J connectivity index is 1.37. The lowest BCUT2D eigenvalue weighted by Crippen LogP contribution is -2.54. The second-order valence-corrected chi connectivity index (χ2v) is 8.50. The van der Waals surface area contributed by atoms with Crippen LogP contribution in [0, 0.1) is 5.92 Å². The van der Waals surface area contributed by atoms with E-state index in [-0.39, 0.29) is 24.3 Å². The lowest BCUT2D eigenvalue weighted by molar-refractivity contribution is -0.140. The van der Waals surface area contributed by atoms with E-state index in [0.29, 0.717) is 32.6 Å². The summed E-state index contributed by atoms with van der Waals surface area (Å²) in [5.74, 6) is -0.295. The van der Waals surface area contributed by atoms with E-state index in [4.69, 9.17) is 0 Å².